The van der Waals surface area contributed by atoms with Gasteiger partial charge in [-0.2, -0.15) is 0 Å². The maximum absolute atomic E-state index is 12.1. The van der Waals surface area contributed by atoms with Crippen LogP contribution in [0.5, 0.6) is 0 Å². The molecule has 6 nitrogen and oxygen atoms in total. The number of hydrogen-bond acceptors (Lipinski definition) is 4. The highest BCUT2D eigenvalue weighted by atomic mass is 16.5. The van der Waals surface area contributed by atoms with Crippen molar-refractivity contribution in [2.75, 3.05) is 0 Å². The molecule has 2 aromatic heterocycles. The number of pyridine rings is 2. The van der Waals surface area contributed by atoms with Gasteiger partial charge in [0.2, 0.25) is 0 Å². The maximum Gasteiger partial charge on any atom is 0.291 e. The molecule has 0 fully saturated rings. The van der Waals surface area contributed by atoms with Crippen LogP contribution >= 0.6 is 0 Å². The largest absolute Gasteiger partial charge is 0.425 e. The van der Waals surface area contributed by atoms with Crippen molar-refractivity contribution < 1.29 is 10.4 Å². The van der Waals surface area contributed by atoms with Crippen molar-refractivity contribution in [3.63, 3.8) is 0 Å². The summed E-state index contributed by atoms with van der Waals surface area (Å²) in [7, 11) is 0. The van der Waals surface area contributed by atoms with Gasteiger partial charge < -0.3 is 10.4 Å². The fraction of sp³-hybridized carbons (Fsp3) is 0. The lowest BCUT2D eigenvalue weighted by Gasteiger charge is -2.13. The lowest BCUT2D eigenvalue weighted by molar-refractivity contribution is 0.188. The van der Waals surface area contributed by atoms with Crippen LogP contribution in [0.1, 0.15) is 0 Å². The predicted octanol–water partition coefficient (Wildman–Crippen LogP) is 1.38. The van der Waals surface area contributed by atoms with E-state index in [4.69, 9.17) is 0 Å². The molecule has 4 aromatic rings. The molecule has 98 valence electrons. The molecule has 4 rings (SSSR count). The van der Waals surface area contributed by atoms with Crippen molar-refractivity contribution in [3.8, 4) is 0 Å². The van der Waals surface area contributed by atoms with Gasteiger partial charge in [-0.1, -0.05) is 12.1 Å². The third-order valence-corrected chi connectivity index (χ3v) is 3.64. The van der Waals surface area contributed by atoms with E-state index in [1.54, 1.807) is 36.4 Å². The van der Waals surface area contributed by atoms with Crippen LogP contribution in [0.25, 0.3) is 32.6 Å². The lowest BCUT2D eigenvalue weighted by atomic mass is 10.0. The van der Waals surface area contributed by atoms with Gasteiger partial charge in [0.05, 0.1) is 21.8 Å². The molecule has 0 spiro atoms. The van der Waals surface area contributed by atoms with E-state index >= 15 is 0 Å². The van der Waals surface area contributed by atoms with Crippen molar-refractivity contribution >= 4 is 32.6 Å². The molecule has 0 radical (unpaired) electrons. The molecule has 0 aliphatic heterocycles. The van der Waals surface area contributed by atoms with E-state index in [2.05, 4.69) is 0 Å². The highest BCUT2D eigenvalue weighted by Gasteiger charge is 2.18. The van der Waals surface area contributed by atoms with Gasteiger partial charge in [-0.15, -0.1) is 9.46 Å². The smallest absolute Gasteiger partial charge is 0.291 e. The van der Waals surface area contributed by atoms with E-state index < -0.39 is 11.1 Å². The van der Waals surface area contributed by atoms with Gasteiger partial charge >= 0.3 is 0 Å². The summed E-state index contributed by atoms with van der Waals surface area (Å²) in [5.74, 6) is 0. The zero-order valence-electron chi connectivity index (χ0n) is 10.1. The van der Waals surface area contributed by atoms with E-state index in [-0.39, 0.29) is 21.8 Å². The second kappa shape index (κ2) is 3.30. The number of aromatic nitrogens is 2. The molecule has 0 saturated carbocycles. The molecule has 0 unspecified atom stereocenters. The van der Waals surface area contributed by atoms with Gasteiger partial charge in [0.1, 0.15) is 0 Å². The summed E-state index contributed by atoms with van der Waals surface area (Å²) >= 11 is 0. The topological polar surface area (TPSA) is 84.5 Å². The third-order valence-electron chi connectivity index (χ3n) is 3.64. The normalized spacial score (nSPS) is 11.8. The summed E-state index contributed by atoms with van der Waals surface area (Å²) in [4.78, 5) is 24.3. The van der Waals surface area contributed by atoms with E-state index in [9.17, 15) is 20.0 Å². The molecule has 2 N–H and O–H groups in total. The standard InChI is InChI=1S/C14H8N2O4/c17-13-7-3-1-5-9-11(7)12-8(14(18)15(9)19)4-2-6-10(12)16(13)20/h1-6,19-20H. The van der Waals surface area contributed by atoms with Crippen LogP contribution in [0, 0.1) is 0 Å². The summed E-state index contributed by atoms with van der Waals surface area (Å²) in [6.45, 7) is 0. The predicted molar refractivity (Wildman–Crippen MR) is 73.0 cm³/mol. The van der Waals surface area contributed by atoms with Gasteiger partial charge in [-0.05, 0) is 24.3 Å². The molecule has 2 aromatic carbocycles. The number of hydrogen-bond donors (Lipinski definition) is 2. The summed E-state index contributed by atoms with van der Waals surface area (Å²) in [5.41, 5.74) is -0.689. The molecular formula is C14H8N2O4. The van der Waals surface area contributed by atoms with Crippen LogP contribution in [0.15, 0.2) is 46.0 Å². The molecule has 0 bridgehead atoms. The Labute approximate surface area is 110 Å². The Bertz CT molecular complexity index is 1020. The summed E-state index contributed by atoms with van der Waals surface area (Å²) < 4.78 is 1.07. The second-order valence-electron chi connectivity index (χ2n) is 4.63. The quantitative estimate of drug-likeness (QED) is 0.373. The first-order valence-electron chi connectivity index (χ1n) is 5.94. The van der Waals surface area contributed by atoms with E-state index in [1.807, 2.05) is 0 Å². The van der Waals surface area contributed by atoms with Gasteiger partial charge in [0.25, 0.3) is 11.1 Å². The SMILES string of the molecule is O=c1c2cccc3c2c2c(cccc2n1O)c(=O)n3O. The Morgan fingerprint density at radius 3 is 1.50 bits per heavy atom. The fourth-order valence-electron chi connectivity index (χ4n) is 2.76. The average Bonchev–Trinajstić information content (AvgIpc) is 2.48. The molecule has 0 aliphatic rings. The summed E-state index contributed by atoms with van der Waals surface area (Å²) in [6, 6.07) is 9.31. The monoisotopic (exact) mass is 268 g/mol. The summed E-state index contributed by atoms with van der Waals surface area (Å²) in [6.07, 6.45) is 0. The van der Waals surface area contributed by atoms with E-state index in [0.717, 1.165) is 0 Å². The first kappa shape index (κ1) is 10.9. The van der Waals surface area contributed by atoms with Gasteiger partial charge in [0.15, 0.2) is 0 Å². The zero-order chi connectivity index (χ0) is 14.0. The third kappa shape index (κ3) is 1.04. The van der Waals surface area contributed by atoms with Crippen molar-refractivity contribution in [2.24, 2.45) is 0 Å². The van der Waals surface area contributed by atoms with Crippen molar-refractivity contribution in [1.82, 2.24) is 9.46 Å². The Hall–Kier alpha value is -3.02. The molecule has 6 heteroatoms. The van der Waals surface area contributed by atoms with Gasteiger partial charge in [0, 0.05) is 10.8 Å². The van der Waals surface area contributed by atoms with E-state index in [1.165, 1.54) is 0 Å². The highest BCUT2D eigenvalue weighted by molar-refractivity contribution is 6.20. The molecule has 0 amide bonds. The summed E-state index contributed by atoms with van der Waals surface area (Å²) in [5, 5.41) is 21.4. The Balaban J connectivity index is 2.62. The van der Waals surface area contributed by atoms with Crippen molar-refractivity contribution in [2.45, 2.75) is 0 Å². The van der Waals surface area contributed by atoms with Crippen LogP contribution in [-0.2, 0) is 0 Å². The van der Waals surface area contributed by atoms with Crippen LogP contribution in [0.4, 0.5) is 0 Å². The van der Waals surface area contributed by atoms with Gasteiger partial charge in [-0.25, -0.2) is 0 Å². The first-order chi connectivity index (χ1) is 9.61. The highest BCUT2D eigenvalue weighted by Crippen LogP contribution is 2.29. The number of rotatable bonds is 0. The first-order valence-corrected chi connectivity index (χ1v) is 5.94. The van der Waals surface area contributed by atoms with E-state index in [0.29, 0.717) is 20.2 Å². The maximum atomic E-state index is 12.1. The Kier molecular flexibility index (Phi) is 1.79. The molecular weight excluding hydrogens is 260 g/mol. The number of benzene rings is 2. The lowest BCUT2D eigenvalue weighted by Crippen LogP contribution is -2.23. The minimum Gasteiger partial charge on any atom is -0.425 e. The fourth-order valence-corrected chi connectivity index (χ4v) is 2.76. The Morgan fingerprint density at radius 2 is 1.10 bits per heavy atom. The molecule has 0 saturated heterocycles. The second-order valence-corrected chi connectivity index (χ2v) is 4.63. The van der Waals surface area contributed by atoms with Crippen molar-refractivity contribution in [1.29, 1.82) is 0 Å². The van der Waals surface area contributed by atoms with Crippen LogP contribution in [0.2, 0.25) is 0 Å². The van der Waals surface area contributed by atoms with Crippen LogP contribution < -0.4 is 11.1 Å². The molecule has 20 heavy (non-hydrogen) atoms. The van der Waals surface area contributed by atoms with Crippen LogP contribution in [0.3, 0.4) is 0 Å². The Morgan fingerprint density at radius 1 is 0.700 bits per heavy atom. The minimum absolute atomic E-state index is 0.244. The zero-order valence-corrected chi connectivity index (χ0v) is 10.1. The molecule has 0 aliphatic carbocycles. The minimum atomic E-state index is -0.589. The van der Waals surface area contributed by atoms with Gasteiger partial charge in [-0.3, -0.25) is 9.59 Å². The number of nitrogens with zero attached hydrogens (tertiary/aromatic N) is 2. The average molecular weight is 268 g/mol. The molecule has 0 atom stereocenters. The van der Waals surface area contributed by atoms with Crippen LogP contribution in [-0.4, -0.2) is 19.9 Å². The van der Waals surface area contributed by atoms with Crippen molar-refractivity contribution in [3.05, 3.63) is 57.1 Å². The molecule has 2 heterocycles.